The van der Waals surface area contributed by atoms with E-state index in [1.54, 1.807) is 13.1 Å². The number of aliphatic carboxylic acids is 1. The summed E-state index contributed by atoms with van der Waals surface area (Å²) < 4.78 is 0. The lowest BCUT2D eigenvalue weighted by Crippen LogP contribution is -2.45. The largest absolute Gasteiger partial charge is 0.481 e. The van der Waals surface area contributed by atoms with Crippen molar-refractivity contribution in [1.82, 2.24) is 14.8 Å². The molecule has 1 N–H and O–H groups in total. The number of hydrogen-bond acceptors (Lipinski definition) is 5. The van der Waals surface area contributed by atoms with Gasteiger partial charge in [-0.1, -0.05) is 38.1 Å². The number of para-hydroxylation sites is 1. The summed E-state index contributed by atoms with van der Waals surface area (Å²) >= 11 is 0. The molecule has 0 saturated carbocycles. The van der Waals surface area contributed by atoms with Crippen LogP contribution in [0.1, 0.15) is 64.0 Å². The van der Waals surface area contributed by atoms with E-state index in [0.29, 0.717) is 19.6 Å². The maximum atomic E-state index is 13.7. The van der Waals surface area contributed by atoms with E-state index in [1.165, 1.54) is 0 Å². The van der Waals surface area contributed by atoms with Gasteiger partial charge in [0.2, 0.25) is 11.8 Å². The summed E-state index contributed by atoms with van der Waals surface area (Å²) in [6.45, 7) is 7.55. The van der Waals surface area contributed by atoms with E-state index in [2.05, 4.69) is 16.0 Å². The predicted octanol–water partition coefficient (Wildman–Crippen LogP) is 4.09. The van der Waals surface area contributed by atoms with Crippen molar-refractivity contribution in [3.63, 3.8) is 0 Å². The summed E-state index contributed by atoms with van der Waals surface area (Å²) in [4.78, 5) is 48.4. The van der Waals surface area contributed by atoms with E-state index in [1.807, 2.05) is 60.2 Å². The quantitative estimate of drug-likeness (QED) is 0.634. The second-order valence-corrected chi connectivity index (χ2v) is 11.2. The predicted molar refractivity (Wildman–Crippen MR) is 142 cm³/mol. The van der Waals surface area contributed by atoms with Gasteiger partial charge >= 0.3 is 5.97 Å². The zero-order valence-corrected chi connectivity index (χ0v) is 22.1. The van der Waals surface area contributed by atoms with Gasteiger partial charge in [0.1, 0.15) is 0 Å². The number of aromatic nitrogens is 1. The van der Waals surface area contributed by atoms with Gasteiger partial charge in [-0.2, -0.15) is 0 Å². The molecule has 2 bridgehead atoms. The zero-order valence-electron chi connectivity index (χ0n) is 22.1. The SMILES string of the molecule is CC(=O)N1CCC2CCC(CN(C(=O)CC(C)(C)CC(=O)O)Cc3ccccc31)N2Cc1cccnc1. The van der Waals surface area contributed by atoms with Crippen molar-refractivity contribution in [1.29, 1.82) is 0 Å². The second kappa shape index (κ2) is 11.4. The molecule has 2 atom stereocenters. The number of rotatable bonds is 6. The standard InChI is InChI=1S/C29H38N4O4/c1-21(34)32-14-12-24-10-11-25(33(24)18-22-7-6-13-30-17-22)20-31(19-23-8-4-5-9-26(23)32)27(35)15-29(2,3)16-28(36)37/h4-9,13,17,24-25H,10-12,14-16,18-20H2,1-3H3,(H,36,37). The molecule has 3 heterocycles. The van der Waals surface area contributed by atoms with Gasteiger partial charge in [0.25, 0.3) is 0 Å². The van der Waals surface area contributed by atoms with Crippen LogP contribution in [0.2, 0.25) is 0 Å². The maximum absolute atomic E-state index is 13.7. The summed E-state index contributed by atoms with van der Waals surface area (Å²) in [5.41, 5.74) is 2.24. The molecular weight excluding hydrogens is 468 g/mol. The Hall–Kier alpha value is -3.26. The first kappa shape index (κ1) is 26.8. The molecule has 1 aromatic heterocycles. The Bertz CT molecular complexity index is 1120. The van der Waals surface area contributed by atoms with E-state index in [4.69, 9.17) is 0 Å². The van der Waals surface area contributed by atoms with Gasteiger partial charge in [0.15, 0.2) is 0 Å². The third-order valence-electron chi connectivity index (χ3n) is 7.61. The molecule has 2 aromatic rings. The van der Waals surface area contributed by atoms with Crippen LogP contribution in [0.15, 0.2) is 48.8 Å². The van der Waals surface area contributed by atoms with Crippen molar-refractivity contribution >= 4 is 23.5 Å². The van der Waals surface area contributed by atoms with E-state index in [9.17, 15) is 19.5 Å². The second-order valence-electron chi connectivity index (χ2n) is 11.2. The molecule has 4 rings (SSSR count). The smallest absolute Gasteiger partial charge is 0.303 e. The summed E-state index contributed by atoms with van der Waals surface area (Å²) in [7, 11) is 0. The Labute approximate surface area is 219 Å². The highest BCUT2D eigenvalue weighted by Crippen LogP contribution is 2.34. The molecular formula is C29H38N4O4. The number of carbonyl (C=O) groups is 3. The first-order chi connectivity index (χ1) is 17.6. The van der Waals surface area contributed by atoms with Gasteiger partial charge in [-0.25, -0.2) is 0 Å². The molecule has 198 valence electrons. The fourth-order valence-electron chi connectivity index (χ4n) is 5.82. The number of fused-ring (bicyclic) bond motifs is 3. The number of benzene rings is 1. The molecule has 1 saturated heterocycles. The Morgan fingerprint density at radius 3 is 2.49 bits per heavy atom. The maximum Gasteiger partial charge on any atom is 0.303 e. The van der Waals surface area contributed by atoms with Crippen LogP contribution in [0.5, 0.6) is 0 Å². The number of pyridine rings is 1. The van der Waals surface area contributed by atoms with Gasteiger partial charge in [0, 0.05) is 69.7 Å². The normalized spacial score (nSPS) is 20.7. The summed E-state index contributed by atoms with van der Waals surface area (Å²) in [5.74, 6) is -0.973. The molecule has 2 aliphatic heterocycles. The summed E-state index contributed by atoms with van der Waals surface area (Å²) in [5, 5.41) is 9.35. The Kier molecular flexibility index (Phi) is 8.27. The average Bonchev–Trinajstić information content (AvgIpc) is 3.18. The lowest BCUT2D eigenvalue weighted by molar-refractivity contribution is -0.141. The number of anilines is 1. The molecule has 2 aliphatic rings. The van der Waals surface area contributed by atoms with Crippen molar-refractivity contribution in [2.24, 2.45) is 5.41 Å². The van der Waals surface area contributed by atoms with Crippen LogP contribution < -0.4 is 4.90 Å². The molecule has 1 aromatic carbocycles. The number of hydrogen-bond donors (Lipinski definition) is 1. The van der Waals surface area contributed by atoms with E-state index >= 15 is 0 Å². The van der Waals surface area contributed by atoms with E-state index < -0.39 is 11.4 Å². The Morgan fingerprint density at radius 1 is 1.03 bits per heavy atom. The van der Waals surface area contributed by atoms with Crippen molar-refractivity contribution < 1.29 is 19.5 Å². The minimum Gasteiger partial charge on any atom is -0.481 e. The number of carboxylic acid groups (broad SMARTS) is 1. The van der Waals surface area contributed by atoms with E-state index in [-0.39, 0.29) is 36.7 Å². The van der Waals surface area contributed by atoms with E-state index in [0.717, 1.165) is 42.6 Å². The molecule has 1 fully saturated rings. The fourth-order valence-corrected chi connectivity index (χ4v) is 5.82. The van der Waals surface area contributed by atoms with Gasteiger partial charge in [-0.05, 0) is 47.9 Å². The highest BCUT2D eigenvalue weighted by Gasteiger charge is 2.37. The van der Waals surface area contributed by atoms with Gasteiger partial charge in [-0.15, -0.1) is 0 Å². The van der Waals surface area contributed by atoms with Gasteiger partial charge in [0.05, 0.1) is 6.42 Å². The van der Waals surface area contributed by atoms with Gasteiger partial charge < -0.3 is 14.9 Å². The topological polar surface area (TPSA) is 94.0 Å². The highest BCUT2D eigenvalue weighted by atomic mass is 16.4. The molecule has 0 spiro atoms. The van der Waals surface area contributed by atoms with Crippen LogP contribution in [0.4, 0.5) is 5.69 Å². The van der Waals surface area contributed by atoms with Gasteiger partial charge in [-0.3, -0.25) is 24.3 Å². The first-order valence-corrected chi connectivity index (χ1v) is 13.1. The lowest BCUT2D eigenvalue weighted by atomic mass is 9.85. The molecule has 2 unspecified atom stereocenters. The van der Waals surface area contributed by atoms with Crippen molar-refractivity contribution in [3.05, 3.63) is 59.9 Å². The third kappa shape index (κ3) is 6.74. The van der Waals surface area contributed by atoms with Crippen molar-refractivity contribution in [2.45, 2.75) is 78.0 Å². The fraction of sp³-hybridized carbons (Fsp3) is 0.517. The van der Waals surface area contributed by atoms with Crippen LogP contribution >= 0.6 is 0 Å². The molecule has 0 aliphatic carbocycles. The number of carbonyl (C=O) groups excluding carboxylic acids is 2. The van der Waals surface area contributed by atoms with Crippen molar-refractivity contribution in [3.8, 4) is 0 Å². The first-order valence-electron chi connectivity index (χ1n) is 13.1. The summed E-state index contributed by atoms with van der Waals surface area (Å²) in [6, 6.07) is 12.3. The molecule has 8 heteroatoms. The molecule has 37 heavy (non-hydrogen) atoms. The van der Waals surface area contributed by atoms with Crippen molar-refractivity contribution in [2.75, 3.05) is 18.0 Å². The minimum absolute atomic E-state index is 0.0134. The lowest BCUT2D eigenvalue weighted by Gasteiger charge is -2.35. The Morgan fingerprint density at radius 2 is 1.78 bits per heavy atom. The van der Waals surface area contributed by atoms with Crippen LogP contribution in [0, 0.1) is 5.41 Å². The minimum atomic E-state index is -0.904. The molecule has 0 radical (unpaired) electrons. The van der Waals surface area contributed by atoms with Crippen LogP contribution in [-0.4, -0.2) is 62.8 Å². The highest BCUT2D eigenvalue weighted by molar-refractivity contribution is 5.92. The number of amides is 2. The number of nitrogens with zero attached hydrogens (tertiary/aromatic N) is 4. The Balaban J connectivity index is 1.69. The number of carboxylic acids is 1. The average molecular weight is 507 g/mol. The molecule has 2 amide bonds. The van der Waals surface area contributed by atoms with Crippen LogP contribution in [-0.2, 0) is 27.5 Å². The van der Waals surface area contributed by atoms with Crippen LogP contribution in [0.3, 0.4) is 0 Å². The zero-order chi connectivity index (χ0) is 26.6. The molecule has 8 nitrogen and oxygen atoms in total. The third-order valence-corrected chi connectivity index (χ3v) is 7.61. The monoisotopic (exact) mass is 506 g/mol. The van der Waals surface area contributed by atoms with Crippen LogP contribution in [0.25, 0.3) is 0 Å². The summed E-state index contributed by atoms with van der Waals surface area (Å²) in [6.07, 6.45) is 6.56.